The fourth-order valence-corrected chi connectivity index (χ4v) is 2.05. The van der Waals surface area contributed by atoms with E-state index in [9.17, 15) is 4.39 Å². The van der Waals surface area contributed by atoms with Crippen LogP contribution in [0.25, 0.3) is 0 Å². The summed E-state index contributed by atoms with van der Waals surface area (Å²) < 4.78 is 13.3. The van der Waals surface area contributed by atoms with Crippen LogP contribution in [0.3, 0.4) is 0 Å². The summed E-state index contributed by atoms with van der Waals surface area (Å²) in [6.45, 7) is 6.63. The fraction of sp³-hybridized carbons (Fsp3) is 0.571. The lowest BCUT2D eigenvalue weighted by Gasteiger charge is -2.26. The van der Waals surface area contributed by atoms with Gasteiger partial charge in [0.2, 0.25) is 0 Å². The van der Waals surface area contributed by atoms with Gasteiger partial charge in [0.1, 0.15) is 5.82 Å². The molecule has 1 aromatic rings. The molecule has 0 aliphatic heterocycles. The Hall–Kier alpha value is -0.600. The van der Waals surface area contributed by atoms with Gasteiger partial charge in [-0.1, -0.05) is 38.4 Å². The maximum atomic E-state index is 13.3. The molecule has 2 unspecified atom stereocenters. The topological polar surface area (TPSA) is 12.0 Å². The molecular formula is C14H21ClFN. The Morgan fingerprint density at radius 1 is 1.29 bits per heavy atom. The van der Waals surface area contributed by atoms with Gasteiger partial charge in [-0.2, -0.15) is 0 Å². The summed E-state index contributed by atoms with van der Waals surface area (Å²) >= 11 is 5.67. The first kappa shape index (κ1) is 14.5. The number of rotatable bonds is 5. The zero-order chi connectivity index (χ0) is 13.0. The zero-order valence-corrected chi connectivity index (χ0v) is 11.7. The summed E-state index contributed by atoms with van der Waals surface area (Å²) in [6.07, 6.45) is 0.823. The SMILES string of the molecule is CNC(Cc1ccc(Cl)c(F)c1)C(C)C(C)C. The summed E-state index contributed by atoms with van der Waals surface area (Å²) in [7, 11) is 1.95. The summed E-state index contributed by atoms with van der Waals surface area (Å²) in [5.41, 5.74) is 0.985. The van der Waals surface area contributed by atoms with Gasteiger partial charge in [-0.05, 0) is 43.0 Å². The zero-order valence-electron chi connectivity index (χ0n) is 10.9. The Bertz CT molecular complexity index is 365. The molecule has 0 aliphatic carbocycles. The van der Waals surface area contributed by atoms with E-state index < -0.39 is 0 Å². The molecule has 1 rings (SSSR count). The van der Waals surface area contributed by atoms with E-state index in [1.165, 1.54) is 6.07 Å². The van der Waals surface area contributed by atoms with Gasteiger partial charge in [0.15, 0.2) is 0 Å². The van der Waals surface area contributed by atoms with Crippen molar-refractivity contribution in [2.45, 2.75) is 33.2 Å². The normalized spacial score (nSPS) is 15.0. The van der Waals surface area contributed by atoms with E-state index in [2.05, 4.69) is 26.1 Å². The number of nitrogens with one attached hydrogen (secondary N) is 1. The molecule has 0 bridgehead atoms. The van der Waals surface area contributed by atoms with E-state index in [0.29, 0.717) is 17.9 Å². The van der Waals surface area contributed by atoms with Crippen molar-refractivity contribution in [3.63, 3.8) is 0 Å². The van der Waals surface area contributed by atoms with E-state index >= 15 is 0 Å². The van der Waals surface area contributed by atoms with Gasteiger partial charge in [0.05, 0.1) is 5.02 Å². The highest BCUT2D eigenvalue weighted by Crippen LogP contribution is 2.21. The monoisotopic (exact) mass is 257 g/mol. The van der Waals surface area contributed by atoms with Crippen LogP contribution in [0.4, 0.5) is 4.39 Å². The number of hydrogen-bond donors (Lipinski definition) is 1. The summed E-state index contributed by atoms with van der Waals surface area (Å²) in [6, 6.07) is 5.40. The van der Waals surface area contributed by atoms with E-state index in [4.69, 9.17) is 11.6 Å². The van der Waals surface area contributed by atoms with Crippen molar-refractivity contribution >= 4 is 11.6 Å². The second kappa shape index (κ2) is 6.36. The predicted molar refractivity (Wildman–Crippen MR) is 72.0 cm³/mol. The van der Waals surface area contributed by atoms with Crippen molar-refractivity contribution in [3.05, 3.63) is 34.6 Å². The molecule has 1 N–H and O–H groups in total. The summed E-state index contributed by atoms with van der Waals surface area (Å²) in [5, 5.41) is 3.50. The molecule has 96 valence electrons. The second-order valence-corrected chi connectivity index (χ2v) is 5.36. The van der Waals surface area contributed by atoms with Gasteiger partial charge in [-0.3, -0.25) is 0 Å². The van der Waals surface area contributed by atoms with Crippen LogP contribution in [0.1, 0.15) is 26.3 Å². The minimum absolute atomic E-state index is 0.187. The van der Waals surface area contributed by atoms with Crippen LogP contribution in [0, 0.1) is 17.7 Å². The quantitative estimate of drug-likeness (QED) is 0.844. The standard InChI is InChI=1S/C14H21ClFN/c1-9(2)10(3)14(17-4)8-11-5-6-12(15)13(16)7-11/h5-7,9-10,14,17H,8H2,1-4H3. The number of benzene rings is 1. The molecule has 3 heteroatoms. The largest absolute Gasteiger partial charge is 0.316 e. The van der Waals surface area contributed by atoms with Gasteiger partial charge in [0.25, 0.3) is 0 Å². The maximum Gasteiger partial charge on any atom is 0.142 e. The van der Waals surface area contributed by atoms with Gasteiger partial charge >= 0.3 is 0 Å². The van der Waals surface area contributed by atoms with Crippen molar-refractivity contribution in [1.29, 1.82) is 0 Å². The lowest BCUT2D eigenvalue weighted by Crippen LogP contribution is -2.36. The van der Waals surface area contributed by atoms with Gasteiger partial charge in [-0.15, -0.1) is 0 Å². The molecule has 17 heavy (non-hydrogen) atoms. The third-order valence-corrected chi connectivity index (χ3v) is 3.80. The predicted octanol–water partition coefficient (Wildman–Crippen LogP) is 3.90. The van der Waals surface area contributed by atoms with Crippen LogP contribution < -0.4 is 5.32 Å². The van der Waals surface area contributed by atoms with E-state index in [-0.39, 0.29) is 10.8 Å². The first-order chi connectivity index (χ1) is 7.95. The molecule has 2 atom stereocenters. The average molecular weight is 258 g/mol. The Labute approximate surface area is 108 Å². The Kier molecular flexibility index (Phi) is 5.41. The molecule has 0 saturated heterocycles. The molecule has 0 fully saturated rings. The first-order valence-corrected chi connectivity index (χ1v) is 6.44. The third kappa shape index (κ3) is 3.97. The van der Waals surface area contributed by atoms with Crippen LogP contribution in [0.2, 0.25) is 5.02 Å². The lowest BCUT2D eigenvalue weighted by atomic mass is 9.87. The highest BCUT2D eigenvalue weighted by molar-refractivity contribution is 6.30. The Morgan fingerprint density at radius 3 is 2.41 bits per heavy atom. The first-order valence-electron chi connectivity index (χ1n) is 6.07. The molecule has 0 amide bonds. The average Bonchev–Trinajstić information content (AvgIpc) is 2.29. The molecule has 0 aliphatic rings. The van der Waals surface area contributed by atoms with Crippen LogP contribution in [0.5, 0.6) is 0 Å². The number of hydrogen-bond acceptors (Lipinski definition) is 1. The van der Waals surface area contributed by atoms with E-state index in [0.717, 1.165) is 12.0 Å². The molecule has 1 nitrogen and oxygen atoms in total. The lowest BCUT2D eigenvalue weighted by molar-refractivity contribution is 0.309. The number of likely N-dealkylation sites (N-methyl/N-ethyl adjacent to an activating group) is 1. The molecule has 0 spiro atoms. The smallest absolute Gasteiger partial charge is 0.142 e. The van der Waals surface area contributed by atoms with Crippen LogP contribution in [-0.4, -0.2) is 13.1 Å². The molecule has 0 saturated carbocycles. The van der Waals surface area contributed by atoms with Crippen LogP contribution >= 0.6 is 11.6 Å². The van der Waals surface area contributed by atoms with Crippen molar-refractivity contribution < 1.29 is 4.39 Å². The summed E-state index contributed by atoms with van der Waals surface area (Å²) in [4.78, 5) is 0. The highest BCUT2D eigenvalue weighted by Gasteiger charge is 2.19. The Balaban J connectivity index is 2.77. The van der Waals surface area contributed by atoms with E-state index in [1.807, 2.05) is 13.1 Å². The molecular weight excluding hydrogens is 237 g/mol. The van der Waals surface area contributed by atoms with Crippen LogP contribution in [0.15, 0.2) is 18.2 Å². The highest BCUT2D eigenvalue weighted by atomic mass is 35.5. The molecule has 0 heterocycles. The van der Waals surface area contributed by atoms with Gasteiger partial charge < -0.3 is 5.32 Å². The minimum atomic E-state index is -0.337. The maximum absolute atomic E-state index is 13.3. The Morgan fingerprint density at radius 2 is 1.94 bits per heavy atom. The molecule has 1 aromatic carbocycles. The van der Waals surface area contributed by atoms with Crippen LogP contribution in [-0.2, 0) is 6.42 Å². The number of halogens is 2. The van der Waals surface area contributed by atoms with Crippen molar-refractivity contribution in [2.24, 2.45) is 11.8 Å². The fourth-order valence-electron chi connectivity index (χ4n) is 1.94. The summed E-state index contributed by atoms with van der Waals surface area (Å²) in [5.74, 6) is 0.805. The van der Waals surface area contributed by atoms with Crippen molar-refractivity contribution in [3.8, 4) is 0 Å². The van der Waals surface area contributed by atoms with Gasteiger partial charge in [-0.25, -0.2) is 4.39 Å². The van der Waals surface area contributed by atoms with Crippen molar-refractivity contribution in [2.75, 3.05) is 7.05 Å². The van der Waals surface area contributed by atoms with Gasteiger partial charge in [0, 0.05) is 6.04 Å². The third-order valence-electron chi connectivity index (χ3n) is 3.50. The molecule has 0 aromatic heterocycles. The van der Waals surface area contributed by atoms with E-state index in [1.54, 1.807) is 6.07 Å². The molecule has 0 radical (unpaired) electrons. The minimum Gasteiger partial charge on any atom is -0.316 e. The van der Waals surface area contributed by atoms with Crippen molar-refractivity contribution in [1.82, 2.24) is 5.32 Å². The second-order valence-electron chi connectivity index (χ2n) is 4.95.